The number of carbonyl (C=O) groups excluding carboxylic acids is 1. The van der Waals surface area contributed by atoms with Crippen molar-refractivity contribution >= 4 is 27.3 Å². The highest BCUT2D eigenvalue weighted by Crippen LogP contribution is 2.26. The zero-order chi connectivity index (χ0) is 18.6. The van der Waals surface area contributed by atoms with Gasteiger partial charge in [-0.25, -0.2) is 8.42 Å². The van der Waals surface area contributed by atoms with Crippen LogP contribution in [-0.4, -0.2) is 14.3 Å². The molecule has 5 nitrogen and oxygen atoms in total. The Morgan fingerprint density at radius 3 is 2.24 bits per heavy atom. The number of nitrogens with one attached hydrogen (secondary N) is 2. The van der Waals surface area contributed by atoms with Crippen LogP contribution >= 0.6 is 0 Å². The minimum absolute atomic E-state index is 0.0795. The van der Waals surface area contributed by atoms with Crippen LogP contribution < -0.4 is 10.0 Å². The molecule has 2 rings (SSSR count). The number of rotatable bonds is 6. The summed E-state index contributed by atoms with van der Waals surface area (Å²) in [5.74, 6) is -0.184. The normalized spacial score (nSPS) is 12.5. The van der Waals surface area contributed by atoms with Crippen molar-refractivity contribution in [2.45, 2.75) is 39.0 Å². The second-order valence-electron chi connectivity index (χ2n) is 6.20. The van der Waals surface area contributed by atoms with E-state index in [0.29, 0.717) is 16.9 Å². The molecule has 2 aromatic carbocycles. The van der Waals surface area contributed by atoms with Gasteiger partial charge in [0.25, 0.3) is 10.0 Å². The third-order valence-corrected chi connectivity index (χ3v) is 5.61. The number of benzene rings is 2. The van der Waals surface area contributed by atoms with Gasteiger partial charge in [0.1, 0.15) is 0 Å². The van der Waals surface area contributed by atoms with E-state index in [1.54, 1.807) is 49.4 Å². The summed E-state index contributed by atoms with van der Waals surface area (Å²) >= 11 is 0. The van der Waals surface area contributed by atoms with E-state index in [-0.39, 0.29) is 16.7 Å². The Bertz CT molecular complexity index is 859. The van der Waals surface area contributed by atoms with Crippen molar-refractivity contribution in [1.29, 1.82) is 0 Å². The van der Waals surface area contributed by atoms with Gasteiger partial charge in [0, 0.05) is 11.6 Å². The Labute approximate surface area is 149 Å². The van der Waals surface area contributed by atoms with Crippen molar-refractivity contribution in [2.24, 2.45) is 5.92 Å². The fraction of sp³-hybridized carbons (Fsp3) is 0.316. The van der Waals surface area contributed by atoms with Crippen LogP contribution in [0.4, 0.5) is 11.4 Å². The molecule has 0 bridgehead atoms. The molecule has 0 aliphatic rings. The summed E-state index contributed by atoms with van der Waals surface area (Å²) in [4.78, 5) is 12.3. The summed E-state index contributed by atoms with van der Waals surface area (Å²) in [6.07, 6.45) is 0.741. The van der Waals surface area contributed by atoms with Crippen LogP contribution in [0.1, 0.15) is 31.4 Å². The van der Waals surface area contributed by atoms with E-state index in [0.717, 1.165) is 12.0 Å². The second-order valence-corrected chi connectivity index (χ2v) is 7.88. The zero-order valence-corrected chi connectivity index (χ0v) is 15.8. The molecule has 0 aromatic heterocycles. The van der Waals surface area contributed by atoms with Crippen molar-refractivity contribution in [3.8, 4) is 0 Å². The Morgan fingerprint density at radius 2 is 1.64 bits per heavy atom. The largest absolute Gasteiger partial charge is 0.326 e. The van der Waals surface area contributed by atoms with Crippen molar-refractivity contribution in [3.63, 3.8) is 0 Å². The molecule has 0 spiro atoms. The van der Waals surface area contributed by atoms with E-state index in [4.69, 9.17) is 0 Å². The molecule has 1 unspecified atom stereocenters. The fourth-order valence-electron chi connectivity index (χ4n) is 2.24. The van der Waals surface area contributed by atoms with Crippen LogP contribution in [0.2, 0.25) is 0 Å². The van der Waals surface area contributed by atoms with Gasteiger partial charge in [-0.05, 0) is 50.1 Å². The highest BCUT2D eigenvalue weighted by molar-refractivity contribution is 7.92. The first-order chi connectivity index (χ1) is 11.7. The lowest BCUT2D eigenvalue weighted by atomic mass is 10.1. The van der Waals surface area contributed by atoms with Crippen molar-refractivity contribution in [1.82, 2.24) is 0 Å². The van der Waals surface area contributed by atoms with Crippen LogP contribution in [0.5, 0.6) is 0 Å². The van der Waals surface area contributed by atoms with Crippen LogP contribution in [-0.2, 0) is 14.8 Å². The lowest BCUT2D eigenvalue weighted by Crippen LogP contribution is -2.21. The lowest BCUT2D eigenvalue weighted by molar-refractivity contribution is -0.119. The predicted octanol–water partition coefficient (Wildman–Crippen LogP) is 4.09. The minimum atomic E-state index is -3.68. The quantitative estimate of drug-likeness (QED) is 0.815. The summed E-state index contributed by atoms with van der Waals surface area (Å²) in [5.41, 5.74) is 2.72. The molecule has 0 saturated heterocycles. The average molecular weight is 360 g/mol. The van der Waals surface area contributed by atoms with Crippen LogP contribution in [0.15, 0.2) is 47.4 Å². The molecule has 1 atom stereocenters. The zero-order valence-electron chi connectivity index (χ0n) is 15.0. The van der Waals surface area contributed by atoms with Crippen LogP contribution in [0.3, 0.4) is 0 Å². The van der Waals surface area contributed by atoms with Gasteiger partial charge in [-0.1, -0.05) is 37.6 Å². The molecule has 134 valence electrons. The first-order valence-electron chi connectivity index (χ1n) is 8.24. The van der Waals surface area contributed by atoms with Gasteiger partial charge in [0.2, 0.25) is 5.91 Å². The Morgan fingerprint density at radius 1 is 1.04 bits per heavy atom. The molecule has 6 heteroatoms. The van der Waals surface area contributed by atoms with Crippen molar-refractivity contribution < 1.29 is 13.2 Å². The SMILES string of the molecule is CCC(C)C(=O)Nc1cccc(NS(=O)(=O)c2ccc(C)cc2)c1C. The van der Waals surface area contributed by atoms with Crippen LogP contribution in [0.25, 0.3) is 0 Å². The van der Waals surface area contributed by atoms with Gasteiger partial charge in [-0.15, -0.1) is 0 Å². The number of hydrogen-bond donors (Lipinski definition) is 2. The topological polar surface area (TPSA) is 75.3 Å². The van der Waals surface area contributed by atoms with Gasteiger partial charge in [0.15, 0.2) is 0 Å². The van der Waals surface area contributed by atoms with E-state index in [2.05, 4.69) is 10.0 Å². The smallest absolute Gasteiger partial charge is 0.261 e. The van der Waals surface area contributed by atoms with E-state index in [1.165, 1.54) is 0 Å². The molecule has 0 saturated carbocycles. The summed E-state index contributed by atoms with van der Waals surface area (Å²) in [6.45, 7) is 7.48. The van der Waals surface area contributed by atoms with Gasteiger partial charge in [-0.3, -0.25) is 9.52 Å². The Balaban J connectivity index is 2.27. The van der Waals surface area contributed by atoms with E-state index in [9.17, 15) is 13.2 Å². The highest BCUT2D eigenvalue weighted by Gasteiger charge is 2.17. The second kappa shape index (κ2) is 7.70. The van der Waals surface area contributed by atoms with Crippen molar-refractivity contribution in [3.05, 3.63) is 53.6 Å². The maximum Gasteiger partial charge on any atom is 0.261 e. The summed E-state index contributed by atoms with van der Waals surface area (Å²) in [7, 11) is -3.68. The summed E-state index contributed by atoms with van der Waals surface area (Å²) < 4.78 is 27.7. The Hall–Kier alpha value is -2.34. The van der Waals surface area contributed by atoms with Crippen LogP contribution in [0, 0.1) is 19.8 Å². The summed E-state index contributed by atoms with van der Waals surface area (Å²) in [5, 5.41) is 2.86. The van der Waals surface area contributed by atoms with Gasteiger partial charge in [-0.2, -0.15) is 0 Å². The highest BCUT2D eigenvalue weighted by atomic mass is 32.2. The van der Waals surface area contributed by atoms with Gasteiger partial charge in [0.05, 0.1) is 10.6 Å². The minimum Gasteiger partial charge on any atom is -0.326 e. The molecule has 2 aromatic rings. The molecular weight excluding hydrogens is 336 g/mol. The molecule has 1 amide bonds. The molecule has 0 heterocycles. The standard InChI is InChI=1S/C19H24N2O3S/c1-5-14(3)19(22)20-17-7-6-8-18(15(17)4)21-25(23,24)16-11-9-13(2)10-12-16/h6-12,14,21H,5H2,1-4H3,(H,20,22). The number of hydrogen-bond acceptors (Lipinski definition) is 3. The molecule has 0 aliphatic heterocycles. The van der Waals surface area contributed by atoms with E-state index < -0.39 is 10.0 Å². The molecule has 0 fully saturated rings. The molecule has 2 N–H and O–H groups in total. The number of anilines is 2. The summed E-state index contributed by atoms with van der Waals surface area (Å²) in [6, 6.07) is 11.8. The number of aryl methyl sites for hydroxylation is 1. The van der Waals surface area contributed by atoms with Gasteiger partial charge < -0.3 is 5.32 Å². The number of carbonyl (C=O) groups is 1. The van der Waals surface area contributed by atoms with Crippen molar-refractivity contribution in [2.75, 3.05) is 10.0 Å². The molecular formula is C19H24N2O3S. The Kier molecular flexibility index (Phi) is 5.85. The maximum absolute atomic E-state index is 12.6. The fourth-order valence-corrected chi connectivity index (χ4v) is 3.37. The monoisotopic (exact) mass is 360 g/mol. The predicted molar refractivity (Wildman–Crippen MR) is 101 cm³/mol. The van der Waals surface area contributed by atoms with E-state index in [1.807, 2.05) is 20.8 Å². The van der Waals surface area contributed by atoms with E-state index >= 15 is 0 Å². The lowest BCUT2D eigenvalue weighted by Gasteiger charge is -2.16. The number of amides is 1. The first-order valence-corrected chi connectivity index (χ1v) is 9.73. The molecule has 25 heavy (non-hydrogen) atoms. The average Bonchev–Trinajstić information content (AvgIpc) is 2.57. The first kappa shape index (κ1) is 19.0. The molecule has 0 radical (unpaired) electrons. The molecule has 0 aliphatic carbocycles. The maximum atomic E-state index is 12.6. The number of sulfonamides is 1. The van der Waals surface area contributed by atoms with Gasteiger partial charge >= 0.3 is 0 Å². The third kappa shape index (κ3) is 4.60. The third-order valence-electron chi connectivity index (χ3n) is 4.23.